The molecule has 4 heterocycles. The lowest BCUT2D eigenvalue weighted by atomic mass is 9.97. The van der Waals surface area contributed by atoms with E-state index in [0.29, 0.717) is 0 Å². The normalized spacial score (nSPS) is 11.5. The zero-order valence-corrected chi connectivity index (χ0v) is 23.6. The molecule has 0 saturated carbocycles. The second kappa shape index (κ2) is 10.3. The quantitative estimate of drug-likeness (QED) is 0.200. The number of hydrogen-bond donors (Lipinski definition) is 0. The molecule has 0 fully saturated rings. The van der Waals surface area contributed by atoms with Crippen molar-refractivity contribution in [1.82, 2.24) is 24.5 Å². The summed E-state index contributed by atoms with van der Waals surface area (Å²) in [5.74, 6) is 1.03. The lowest BCUT2D eigenvalue weighted by Crippen LogP contribution is -1.99. The molecule has 0 amide bonds. The fourth-order valence-electron chi connectivity index (χ4n) is 6.01. The summed E-state index contributed by atoms with van der Waals surface area (Å²) in [5, 5.41) is 3.36. The predicted octanol–water partition coefficient (Wildman–Crippen LogP) is 9.08. The molecule has 5 nitrogen and oxygen atoms in total. The summed E-state index contributed by atoms with van der Waals surface area (Å²) in [6.07, 6.45) is 4.44. The van der Waals surface area contributed by atoms with E-state index < -0.39 is 0 Å². The zero-order valence-electron chi connectivity index (χ0n) is 23.6. The van der Waals surface area contributed by atoms with Crippen molar-refractivity contribution >= 4 is 32.7 Å². The van der Waals surface area contributed by atoms with Crippen LogP contribution >= 0.6 is 0 Å². The van der Waals surface area contributed by atoms with Crippen LogP contribution < -0.4 is 0 Å². The van der Waals surface area contributed by atoms with Crippen LogP contribution in [0.3, 0.4) is 0 Å². The minimum absolute atomic E-state index is 0.821. The van der Waals surface area contributed by atoms with Crippen LogP contribution in [0, 0.1) is 0 Å². The smallest absolute Gasteiger partial charge is 0.114 e. The molecule has 0 aliphatic heterocycles. The number of pyridine rings is 3. The van der Waals surface area contributed by atoms with E-state index in [0.717, 1.165) is 84.4 Å². The Morgan fingerprint density at radius 1 is 0.581 bits per heavy atom. The highest BCUT2D eigenvalue weighted by Gasteiger charge is 2.19. The topological polar surface area (TPSA) is 56.5 Å². The Hall–Kier alpha value is -5.68. The first-order chi connectivity index (χ1) is 21.3. The molecule has 8 rings (SSSR count). The van der Waals surface area contributed by atoms with Crippen LogP contribution in [0.5, 0.6) is 0 Å². The number of hydrogen-bond acceptors (Lipinski definition) is 4. The van der Waals surface area contributed by atoms with Crippen LogP contribution in [0.1, 0.15) is 12.7 Å². The van der Waals surface area contributed by atoms with Crippen LogP contribution in [0.4, 0.5) is 0 Å². The Morgan fingerprint density at radius 3 is 2.14 bits per heavy atom. The molecule has 0 unspecified atom stereocenters. The summed E-state index contributed by atoms with van der Waals surface area (Å²) in [4.78, 5) is 19.7. The highest BCUT2D eigenvalue weighted by Crippen LogP contribution is 2.38. The van der Waals surface area contributed by atoms with Crippen LogP contribution in [0.2, 0.25) is 0 Å². The zero-order chi connectivity index (χ0) is 28.8. The van der Waals surface area contributed by atoms with E-state index in [2.05, 4.69) is 95.3 Å². The van der Waals surface area contributed by atoms with Crippen molar-refractivity contribution in [2.45, 2.75) is 13.3 Å². The summed E-state index contributed by atoms with van der Waals surface area (Å²) in [5.41, 5.74) is 9.99. The molecule has 0 N–H and O–H groups in total. The third-order valence-electron chi connectivity index (χ3n) is 8.05. The first-order valence-electron chi connectivity index (χ1n) is 14.5. The lowest BCUT2D eigenvalue weighted by Gasteiger charge is -2.12. The van der Waals surface area contributed by atoms with Gasteiger partial charge in [-0.25, -0.2) is 15.0 Å². The Balaban J connectivity index is 1.32. The summed E-state index contributed by atoms with van der Waals surface area (Å²) < 4.78 is 2.28. The van der Waals surface area contributed by atoms with Gasteiger partial charge in [-0.05, 0) is 53.9 Å². The Labute approximate surface area is 249 Å². The van der Waals surface area contributed by atoms with E-state index >= 15 is 0 Å². The maximum absolute atomic E-state index is 5.25. The van der Waals surface area contributed by atoms with Crippen LogP contribution in [-0.4, -0.2) is 24.5 Å². The average molecular weight is 554 g/mol. The lowest BCUT2D eigenvalue weighted by molar-refractivity contribution is 0.908. The van der Waals surface area contributed by atoms with Crippen molar-refractivity contribution in [2.24, 2.45) is 0 Å². The van der Waals surface area contributed by atoms with Gasteiger partial charge >= 0.3 is 0 Å². The van der Waals surface area contributed by atoms with E-state index in [9.17, 15) is 0 Å². The molecule has 5 heteroatoms. The van der Waals surface area contributed by atoms with E-state index in [1.165, 1.54) is 0 Å². The molecule has 4 aromatic carbocycles. The van der Waals surface area contributed by atoms with Crippen molar-refractivity contribution in [3.05, 3.63) is 140 Å². The molecule has 0 atom stereocenters. The van der Waals surface area contributed by atoms with Gasteiger partial charge in [0.1, 0.15) is 5.82 Å². The van der Waals surface area contributed by atoms with Crippen LogP contribution in [0.15, 0.2) is 134 Å². The maximum Gasteiger partial charge on any atom is 0.114 e. The Bertz CT molecular complexity index is 2250. The third-order valence-corrected chi connectivity index (χ3v) is 8.05. The van der Waals surface area contributed by atoms with Gasteiger partial charge < -0.3 is 0 Å². The molecule has 0 bridgehead atoms. The minimum atomic E-state index is 0.821. The van der Waals surface area contributed by atoms with Gasteiger partial charge in [0, 0.05) is 52.0 Å². The van der Waals surface area contributed by atoms with Gasteiger partial charge in [-0.15, -0.1) is 0 Å². The summed E-state index contributed by atoms with van der Waals surface area (Å²) in [6, 6.07) is 41.9. The minimum Gasteiger partial charge on any atom is -0.296 e. The number of fused-ring (bicyclic) bond motifs is 5. The molecule has 0 aliphatic carbocycles. The van der Waals surface area contributed by atoms with E-state index in [-0.39, 0.29) is 0 Å². The summed E-state index contributed by atoms with van der Waals surface area (Å²) in [7, 11) is 0. The second-order valence-electron chi connectivity index (χ2n) is 10.6. The molecule has 0 radical (unpaired) electrons. The van der Waals surface area contributed by atoms with Gasteiger partial charge in [-0.3, -0.25) is 9.55 Å². The number of nitrogens with zero attached hydrogens (tertiary/aromatic N) is 5. The standard InChI is InChI=1S/C38H27N5/c1-2-35-42-38-34(43(35)28-11-4-3-5-12-28)22-21-30-29-13-6-7-14-33(29)41-37(36(30)38)26-19-17-25(18-20-26)31-15-8-16-32(40-31)27-10-9-23-39-24-27/h3-24H,2H2,1H3. The fourth-order valence-corrected chi connectivity index (χ4v) is 6.01. The average Bonchev–Trinajstić information content (AvgIpc) is 3.48. The molecular weight excluding hydrogens is 526 g/mol. The van der Waals surface area contributed by atoms with Gasteiger partial charge in [0.2, 0.25) is 0 Å². The van der Waals surface area contributed by atoms with Crippen molar-refractivity contribution in [3.8, 4) is 39.5 Å². The van der Waals surface area contributed by atoms with Crippen LogP contribution in [0.25, 0.3) is 72.2 Å². The molecule has 0 spiro atoms. The van der Waals surface area contributed by atoms with Crippen LogP contribution in [-0.2, 0) is 6.42 Å². The van der Waals surface area contributed by atoms with Crippen molar-refractivity contribution < 1.29 is 0 Å². The maximum atomic E-state index is 5.25. The Morgan fingerprint density at radius 2 is 1.35 bits per heavy atom. The molecule has 8 aromatic rings. The number of imidazole rings is 1. The van der Waals surface area contributed by atoms with E-state index in [1.54, 1.807) is 6.20 Å². The monoisotopic (exact) mass is 553 g/mol. The number of para-hydroxylation sites is 2. The highest BCUT2D eigenvalue weighted by molar-refractivity contribution is 6.19. The molecule has 204 valence electrons. The van der Waals surface area contributed by atoms with Gasteiger partial charge in [-0.2, -0.15) is 0 Å². The molecule has 43 heavy (non-hydrogen) atoms. The van der Waals surface area contributed by atoms with E-state index in [4.69, 9.17) is 15.0 Å². The van der Waals surface area contributed by atoms with Crippen molar-refractivity contribution in [3.63, 3.8) is 0 Å². The third kappa shape index (κ3) is 4.25. The molecule has 0 saturated heterocycles. The molecule has 0 aliphatic rings. The summed E-state index contributed by atoms with van der Waals surface area (Å²) >= 11 is 0. The first-order valence-corrected chi connectivity index (χ1v) is 14.5. The van der Waals surface area contributed by atoms with Gasteiger partial charge in [0.15, 0.2) is 0 Å². The predicted molar refractivity (Wildman–Crippen MR) is 175 cm³/mol. The van der Waals surface area contributed by atoms with Gasteiger partial charge in [-0.1, -0.05) is 79.7 Å². The van der Waals surface area contributed by atoms with E-state index in [1.807, 2.05) is 48.7 Å². The van der Waals surface area contributed by atoms with Crippen molar-refractivity contribution in [2.75, 3.05) is 0 Å². The second-order valence-corrected chi connectivity index (χ2v) is 10.6. The number of benzene rings is 4. The first kappa shape index (κ1) is 25.1. The van der Waals surface area contributed by atoms with Crippen molar-refractivity contribution in [1.29, 1.82) is 0 Å². The number of aromatic nitrogens is 5. The summed E-state index contributed by atoms with van der Waals surface area (Å²) in [6.45, 7) is 2.16. The SMILES string of the molecule is CCc1nc2c3c(-c4ccc(-c5cccc(-c6cccnc6)n5)cc4)nc4ccccc4c3ccc2n1-c1ccccc1. The Kier molecular flexibility index (Phi) is 6.00. The van der Waals surface area contributed by atoms with Gasteiger partial charge in [0.05, 0.1) is 33.6 Å². The number of rotatable bonds is 5. The fraction of sp³-hybridized carbons (Fsp3) is 0.0526. The molecule has 4 aromatic heterocycles. The largest absolute Gasteiger partial charge is 0.296 e. The highest BCUT2D eigenvalue weighted by atomic mass is 15.1. The number of aryl methyl sites for hydroxylation is 1. The van der Waals surface area contributed by atoms with Gasteiger partial charge in [0.25, 0.3) is 0 Å². The molecular formula is C38H27N5.